The fourth-order valence-electron chi connectivity index (χ4n) is 5.80. The molecule has 0 radical (unpaired) electrons. The Morgan fingerprint density at radius 1 is 0.594 bits per heavy atom. The summed E-state index contributed by atoms with van der Waals surface area (Å²) in [6.45, 7) is 0. The van der Waals surface area contributed by atoms with Gasteiger partial charge in [0.1, 0.15) is 0 Å². The summed E-state index contributed by atoms with van der Waals surface area (Å²) in [5.41, 5.74) is 5.82. The summed E-state index contributed by atoms with van der Waals surface area (Å²) < 4.78 is 2.60. The number of para-hydroxylation sites is 1. The molecule has 6 aromatic rings. The van der Waals surface area contributed by atoms with Crippen molar-refractivity contribution in [3.8, 4) is 11.0 Å². The Kier molecular flexibility index (Phi) is 4.07. The molecule has 0 aliphatic heterocycles. The van der Waals surface area contributed by atoms with Crippen molar-refractivity contribution in [2.24, 2.45) is 0 Å². The summed E-state index contributed by atoms with van der Waals surface area (Å²) in [5.74, 6) is 0. The van der Waals surface area contributed by atoms with Gasteiger partial charge in [0.05, 0.1) is 5.52 Å². The lowest BCUT2D eigenvalue weighted by Crippen LogP contribution is -2.06. The highest BCUT2D eigenvalue weighted by Gasteiger charge is 2.25. The summed E-state index contributed by atoms with van der Waals surface area (Å²) in [6.07, 6.45) is 4.94. The van der Waals surface area contributed by atoms with Crippen LogP contribution in [0.25, 0.3) is 42.9 Å². The van der Waals surface area contributed by atoms with Crippen molar-refractivity contribution in [3.05, 3.63) is 108 Å². The van der Waals surface area contributed by atoms with E-state index in [-0.39, 0.29) is 0 Å². The number of hydrogen-bond acceptors (Lipinski definition) is 0. The predicted octanol–water partition coefficient (Wildman–Crippen LogP) is 8.79. The Labute approximate surface area is 189 Å². The van der Waals surface area contributed by atoms with Gasteiger partial charge in [-0.05, 0) is 60.1 Å². The molecule has 1 atom stereocenters. The van der Waals surface area contributed by atoms with Crippen LogP contribution in [0.1, 0.15) is 24.1 Å². The van der Waals surface area contributed by atoms with Crippen LogP contribution in [-0.4, -0.2) is 4.57 Å². The van der Waals surface area contributed by atoms with Crippen LogP contribution in [0.5, 0.6) is 0 Å². The third-order valence-electron chi connectivity index (χ3n) is 7.10. The highest BCUT2D eigenvalue weighted by Crippen LogP contribution is 2.57. The van der Waals surface area contributed by atoms with E-state index >= 15 is 0 Å². The van der Waals surface area contributed by atoms with Crippen LogP contribution in [0, 0.1) is 0 Å². The molecule has 0 spiro atoms. The number of nitrogens with zero attached hydrogens (tertiary/aromatic N) is 1. The SMILES string of the molecule is c1ccc(-n2c3c(c4ccc5c(c6ccccc6p5-c5ccccc5)c42)CCCC3)cc1. The average molecular weight is 430 g/mol. The smallest absolute Gasteiger partial charge is 0.0622 e. The molecule has 0 N–H and O–H groups in total. The van der Waals surface area contributed by atoms with Crippen LogP contribution in [-0.2, 0) is 12.8 Å². The molecule has 4 aromatic carbocycles. The summed E-state index contributed by atoms with van der Waals surface area (Å²) in [6, 6.07) is 36.1. The maximum atomic E-state index is 2.60. The van der Waals surface area contributed by atoms with Crippen molar-refractivity contribution in [3.63, 3.8) is 0 Å². The highest BCUT2D eigenvalue weighted by atomic mass is 31.1. The van der Waals surface area contributed by atoms with Gasteiger partial charge in [-0.2, -0.15) is 0 Å². The third kappa shape index (κ3) is 2.52. The summed E-state index contributed by atoms with van der Waals surface area (Å²) in [5, 5.41) is 8.79. The van der Waals surface area contributed by atoms with E-state index in [1.165, 1.54) is 74.3 Å². The predicted molar refractivity (Wildman–Crippen MR) is 139 cm³/mol. The van der Waals surface area contributed by atoms with E-state index in [9.17, 15) is 0 Å². The minimum absolute atomic E-state index is 0.533. The van der Waals surface area contributed by atoms with Crippen molar-refractivity contribution in [1.82, 2.24) is 4.57 Å². The molecule has 154 valence electrons. The number of fused-ring (bicyclic) bond motifs is 7. The molecule has 2 heteroatoms. The molecule has 2 heterocycles. The molecule has 1 aliphatic carbocycles. The van der Waals surface area contributed by atoms with Crippen LogP contribution in [0.15, 0.2) is 97.1 Å². The minimum Gasteiger partial charge on any atom is -0.313 e. The zero-order chi connectivity index (χ0) is 21.1. The van der Waals surface area contributed by atoms with Crippen molar-refractivity contribution < 1.29 is 0 Å². The standard InChI is InChI=1S/C30H24NP/c1-3-11-21(12-4-1)31-26-17-9-7-15-23(26)24-19-20-28-29(30(24)31)25-16-8-10-18-27(25)32(28)22-13-5-2-6-14-22/h1-6,8,10-14,16,18-20H,7,9,15,17H2. The van der Waals surface area contributed by atoms with Crippen molar-refractivity contribution in [2.45, 2.75) is 25.7 Å². The number of rotatable bonds is 2. The Morgan fingerprint density at radius 2 is 1.31 bits per heavy atom. The molecule has 2 aromatic heterocycles. The zero-order valence-corrected chi connectivity index (χ0v) is 18.9. The average Bonchev–Trinajstić information content (AvgIpc) is 3.38. The highest BCUT2D eigenvalue weighted by molar-refractivity contribution is 7.68. The van der Waals surface area contributed by atoms with Gasteiger partial charge >= 0.3 is 0 Å². The fourth-order valence-corrected chi connectivity index (χ4v) is 8.42. The molecule has 0 saturated heterocycles. The number of benzene rings is 4. The summed E-state index contributed by atoms with van der Waals surface area (Å²) in [7, 11) is -0.533. The molecule has 32 heavy (non-hydrogen) atoms. The topological polar surface area (TPSA) is 4.93 Å². The summed E-state index contributed by atoms with van der Waals surface area (Å²) >= 11 is 0. The Hall–Kier alpha value is -3.28. The first-order valence-corrected chi connectivity index (χ1v) is 12.9. The first-order chi connectivity index (χ1) is 15.9. The molecular weight excluding hydrogens is 405 g/mol. The van der Waals surface area contributed by atoms with E-state index in [0.29, 0.717) is 0 Å². The van der Waals surface area contributed by atoms with Crippen molar-refractivity contribution in [1.29, 1.82) is 0 Å². The molecule has 1 nitrogen and oxygen atoms in total. The molecule has 0 saturated carbocycles. The summed E-state index contributed by atoms with van der Waals surface area (Å²) in [4.78, 5) is 0. The van der Waals surface area contributed by atoms with E-state index in [0.717, 1.165) is 0 Å². The maximum Gasteiger partial charge on any atom is 0.0622 e. The van der Waals surface area contributed by atoms with Crippen LogP contribution < -0.4 is 0 Å². The van der Waals surface area contributed by atoms with Crippen LogP contribution >= 0.6 is 7.53 Å². The van der Waals surface area contributed by atoms with E-state index in [1.807, 2.05) is 0 Å². The van der Waals surface area contributed by atoms with E-state index < -0.39 is 7.53 Å². The number of aryl methyl sites for hydroxylation is 1. The Bertz CT molecular complexity index is 1600. The quantitative estimate of drug-likeness (QED) is 0.259. The lowest BCUT2D eigenvalue weighted by Gasteiger charge is -2.16. The van der Waals surface area contributed by atoms with Gasteiger partial charge < -0.3 is 4.57 Å². The van der Waals surface area contributed by atoms with E-state index in [1.54, 1.807) is 5.56 Å². The molecular formula is C30H24NP. The second-order valence-electron chi connectivity index (χ2n) is 8.85. The third-order valence-corrected chi connectivity index (χ3v) is 9.64. The van der Waals surface area contributed by atoms with Gasteiger partial charge in [0.2, 0.25) is 0 Å². The van der Waals surface area contributed by atoms with Crippen molar-refractivity contribution in [2.75, 3.05) is 0 Å². The lowest BCUT2D eigenvalue weighted by molar-refractivity contribution is 0.667. The maximum absolute atomic E-state index is 2.60. The van der Waals surface area contributed by atoms with Crippen LogP contribution in [0.4, 0.5) is 0 Å². The normalized spacial score (nSPS) is 14.3. The fraction of sp³-hybridized carbons (Fsp3) is 0.133. The van der Waals surface area contributed by atoms with Gasteiger partial charge in [-0.1, -0.05) is 86.4 Å². The van der Waals surface area contributed by atoms with Crippen LogP contribution in [0.2, 0.25) is 0 Å². The largest absolute Gasteiger partial charge is 0.313 e. The monoisotopic (exact) mass is 429 g/mol. The number of hydrogen-bond donors (Lipinski definition) is 0. The van der Waals surface area contributed by atoms with Gasteiger partial charge in [-0.25, -0.2) is 0 Å². The second-order valence-corrected chi connectivity index (χ2v) is 11.0. The van der Waals surface area contributed by atoms with Gasteiger partial charge in [-0.15, -0.1) is 0 Å². The molecule has 1 aliphatic rings. The lowest BCUT2D eigenvalue weighted by atomic mass is 9.95. The molecule has 0 bridgehead atoms. The van der Waals surface area contributed by atoms with E-state index in [4.69, 9.17) is 0 Å². The van der Waals surface area contributed by atoms with E-state index in [2.05, 4.69) is 102 Å². The molecule has 0 amide bonds. The second kappa shape index (κ2) is 7.12. The van der Waals surface area contributed by atoms with Gasteiger partial charge in [0, 0.05) is 32.4 Å². The minimum atomic E-state index is -0.533. The zero-order valence-electron chi connectivity index (χ0n) is 18.0. The molecule has 1 unspecified atom stereocenters. The Morgan fingerprint density at radius 3 is 2.16 bits per heavy atom. The van der Waals surface area contributed by atoms with Gasteiger partial charge in [0.15, 0.2) is 0 Å². The molecule has 0 fully saturated rings. The number of aromatic nitrogens is 1. The first kappa shape index (κ1) is 18.3. The van der Waals surface area contributed by atoms with Crippen LogP contribution in [0.3, 0.4) is 0 Å². The van der Waals surface area contributed by atoms with Gasteiger partial charge in [0.25, 0.3) is 0 Å². The van der Waals surface area contributed by atoms with Gasteiger partial charge in [-0.3, -0.25) is 0 Å². The Balaban J connectivity index is 1.72. The molecule has 7 rings (SSSR count). The first-order valence-electron chi connectivity index (χ1n) is 11.6. The van der Waals surface area contributed by atoms with Crippen molar-refractivity contribution >= 4 is 39.4 Å².